The number of likely N-dealkylation sites (N-methyl/N-ethyl adjacent to an activating group) is 1. The molecule has 2 aromatic heterocycles. The molecule has 1 atom stereocenters. The first kappa shape index (κ1) is 27.1. The Morgan fingerprint density at radius 2 is 1.89 bits per heavy atom. The third-order valence-electron chi connectivity index (χ3n) is 6.30. The highest BCUT2D eigenvalue weighted by Crippen LogP contribution is 2.30. The number of amides is 1. The summed E-state index contributed by atoms with van der Waals surface area (Å²) in [6, 6.07) is 13.6. The average Bonchev–Trinajstić information content (AvgIpc) is 3.54. The Hall–Kier alpha value is -3.95. The lowest BCUT2D eigenvalue weighted by atomic mass is 9.96. The van der Waals surface area contributed by atoms with Gasteiger partial charge >= 0.3 is 0 Å². The first-order valence-corrected chi connectivity index (χ1v) is 12.6. The van der Waals surface area contributed by atoms with Crippen molar-refractivity contribution in [3.63, 3.8) is 0 Å². The molecular weight excluding hydrogens is 480 g/mol. The summed E-state index contributed by atoms with van der Waals surface area (Å²) in [6.07, 6.45) is 5.69. The molecule has 0 unspecified atom stereocenters. The Morgan fingerprint density at radius 3 is 2.61 bits per heavy atom. The molecule has 1 N–H and O–H groups in total. The molecule has 2 aromatic carbocycles. The number of carbonyl (C=O) groups is 1. The van der Waals surface area contributed by atoms with E-state index in [0.717, 1.165) is 40.1 Å². The van der Waals surface area contributed by atoms with Crippen LogP contribution in [0.2, 0.25) is 0 Å². The minimum absolute atomic E-state index is 0.147. The van der Waals surface area contributed by atoms with Crippen LogP contribution in [0, 0.1) is 6.92 Å². The summed E-state index contributed by atoms with van der Waals surface area (Å²) in [4.78, 5) is 15.4. The van der Waals surface area contributed by atoms with Crippen LogP contribution in [0.25, 0.3) is 22.4 Å². The number of methoxy groups -OCH3 is 1. The van der Waals surface area contributed by atoms with Crippen LogP contribution in [0.3, 0.4) is 0 Å². The van der Waals surface area contributed by atoms with Crippen molar-refractivity contribution in [3.05, 3.63) is 77.7 Å². The van der Waals surface area contributed by atoms with Crippen LogP contribution in [0.5, 0.6) is 5.75 Å². The molecule has 0 fully saturated rings. The van der Waals surface area contributed by atoms with Crippen LogP contribution in [0.1, 0.15) is 34.5 Å². The second-order valence-corrected chi connectivity index (χ2v) is 9.73. The molecule has 9 nitrogen and oxygen atoms in total. The Morgan fingerprint density at radius 1 is 1.11 bits per heavy atom. The van der Waals surface area contributed by atoms with Crippen molar-refractivity contribution < 1.29 is 14.3 Å². The van der Waals surface area contributed by atoms with E-state index in [1.165, 1.54) is 0 Å². The Kier molecular flexibility index (Phi) is 8.60. The molecule has 0 bridgehead atoms. The molecular formula is C29H36N6O3. The summed E-state index contributed by atoms with van der Waals surface area (Å²) in [6.45, 7) is 5.64. The molecule has 200 valence electrons. The van der Waals surface area contributed by atoms with Gasteiger partial charge < -0.3 is 19.7 Å². The number of benzene rings is 2. The normalized spacial score (nSPS) is 12.1. The van der Waals surface area contributed by atoms with Crippen molar-refractivity contribution in [3.8, 4) is 28.1 Å². The highest BCUT2D eigenvalue weighted by atomic mass is 16.5. The monoisotopic (exact) mass is 516 g/mol. The second-order valence-electron chi connectivity index (χ2n) is 9.73. The first-order chi connectivity index (χ1) is 18.2. The van der Waals surface area contributed by atoms with E-state index in [2.05, 4.69) is 38.6 Å². The SMILES string of the molecule is COCn1ccc(-c2cc(-c3cnn(C)c3)cc([C@@H](C)NC(=O)c3cc(OCCN(C)C)ccc3C)c2)n1. The number of nitrogens with one attached hydrogen (secondary N) is 1. The second kappa shape index (κ2) is 12.1. The number of aromatic nitrogens is 4. The molecule has 0 aliphatic heterocycles. The van der Waals surface area contributed by atoms with E-state index in [9.17, 15) is 4.79 Å². The maximum absolute atomic E-state index is 13.4. The topological polar surface area (TPSA) is 86.4 Å². The summed E-state index contributed by atoms with van der Waals surface area (Å²) in [5.74, 6) is 0.536. The van der Waals surface area contributed by atoms with Gasteiger partial charge in [-0.1, -0.05) is 6.07 Å². The van der Waals surface area contributed by atoms with Crippen molar-refractivity contribution in [1.82, 2.24) is 29.8 Å². The third-order valence-corrected chi connectivity index (χ3v) is 6.30. The summed E-state index contributed by atoms with van der Waals surface area (Å²) in [5, 5.41) is 12.1. The largest absolute Gasteiger partial charge is 0.492 e. The van der Waals surface area contributed by atoms with Crippen molar-refractivity contribution in [1.29, 1.82) is 0 Å². The summed E-state index contributed by atoms with van der Waals surface area (Å²) in [7, 11) is 7.53. The Bertz CT molecular complexity index is 1390. The van der Waals surface area contributed by atoms with Gasteiger partial charge in [-0.15, -0.1) is 0 Å². The molecule has 0 saturated heterocycles. The fourth-order valence-electron chi connectivity index (χ4n) is 4.15. The maximum Gasteiger partial charge on any atom is 0.252 e. The van der Waals surface area contributed by atoms with Crippen LogP contribution in [0.4, 0.5) is 0 Å². The standard InChI is InChI=1S/C29H36N6O3/c1-20-7-8-26(38-12-11-33(3)4)16-27(20)29(36)31-21(2)22-13-23(25-17-30-34(5)18-25)15-24(14-22)28-9-10-35(32-28)19-37-6/h7-10,13-18,21H,11-12,19H2,1-6H3,(H,31,36)/t21-/m1/s1. The van der Waals surface area contributed by atoms with Gasteiger partial charge in [0.2, 0.25) is 0 Å². The van der Waals surface area contributed by atoms with Gasteiger partial charge in [0.25, 0.3) is 5.91 Å². The van der Waals surface area contributed by atoms with Gasteiger partial charge in [0.1, 0.15) is 19.1 Å². The average molecular weight is 517 g/mol. The van der Waals surface area contributed by atoms with E-state index in [-0.39, 0.29) is 11.9 Å². The lowest BCUT2D eigenvalue weighted by Crippen LogP contribution is -2.27. The zero-order valence-corrected chi connectivity index (χ0v) is 22.9. The van der Waals surface area contributed by atoms with Gasteiger partial charge in [0.15, 0.2) is 0 Å². The lowest BCUT2D eigenvalue weighted by molar-refractivity contribution is 0.0938. The van der Waals surface area contributed by atoms with E-state index >= 15 is 0 Å². The van der Waals surface area contributed by atoms with Gasteiger partial charge in [-0.05, 0) is 81.0 Å². The summed E-state index contributed by atoms with van der Waals surface area (Å²) >= 11 is 0. The number of carbonyl (C=O) groups excluding carboxylic acids is 1. The molecule has 2 heterocycles. The first-order valence-electron chi connectivity index (χ1n) is 12.6. The minimum atomic E-state index is -0.253. The molecule has 0 radical (unpaired) electrons. The van der Waals surface area contributed by atoms with Crippen molar-refractivity contribution >= 4 is 5.91 Å². The third kappa shape index (κ3) is 6.67. The lowest BCUT2D eigenvalue weighted by Gasteiger charge is -2.18. The molecule has 0 spiro atoms. The molecule has 1 amide bonds. The summed E-state index contributed by atoms with van der Waals surface area (Å²) in [5.41, 5.74) is 6.22. The fourth-order valence-corrected chi connectivity index (χ4v) is 4.15. The molecule has 4 rings (SSSR count). The molecule has 0 aliphatic rings. The number of ether oxygens (including phenoxy) is 2. The summed E-state index contributed by atoms with van der Waals surface area (Å²) < 4.78 is 14.6. The van der Waals surface area contributed by atoms with Gasteiger partial charge in [-0.25, -0.2) is 4.68 Å². The zero-order chi connectivity index (χ0) is 27.2. The van der Waals surface area contributed by atoms with E-state index < -0.39 is 0 Å². The minimum Gasteiger partial charge on any atom is -0.492 e. The van der Waals surface area contributed by atoms with E-state index in [1.54, 1.807) is 16.5 Å². The Labute approximate surface area is 224 Å². The van der Waals surface area contributed by atoms with Gasteiger partial charge in [0, 0.05) is 49.8 Å². The van der Waals surface area contributed by atoms with Gasteiger partial charge in [0.05, 0.1) is 17.9 Å². The predicted octanol–water partition coefficient (Wildman–Crippen LogP) is 4.29. The van der Waals surface area contributed by atoms with Gasteiger partial charge in [-0.3, -0.25) is 9.48 Å². The van der Waals surface area contributed by atoms with Gasteiger partial charge in [-0.2, -0.15) is 10.2 Å². The molecule has 4 aromatic rings. The number of rotatable bonds is 11. The Balaban J connectivity index is 1.60. The highest BCUT2D eigenvalue weighted by Gasteiger charge is 2.17. The molecule has 0 aliphatic carbocycles. The van der Waals surface area contributed by atoms with Crippen LogP contribution in [0.15, 0.2) is 61.1 Å². The van der Waals surface area contributed by atoms with Crippen LogP contribution < -0.4 is 10.1 Å². The number of aryl methyl sites for hydroxylation is 2. The number of nitrogens with zero attached hydrogens (tertiary/aromatic N) is 5. The molecule has 38 heavy (non-hydrogen) atoms. The molecule has 0 saturated carbocycles. The smallest absolute Gasteiger partial charge is 0.252 e. The van der Waals surface area contributed by atoms with E-state index in [0.29, 0.717) is 24.7 Å². The van der Waals surface area contributed by atoms with E-state index in [1.807, 2.05) is 77.8 Å². The highest BCUT2D eigenvalue weighted by molar-refractivity contribution is 5.96. The zero-order valence-electron chi connectivity index (χ0n) is 22.9. The van der Waals surface area contributed by atoms with Crippen LogP contribution >= 0.6 is 0 Å². The van der Waals surface area contributed by atoms with Crippen molar-refractivity contribution in [2.24, 2.45) is 7.05 Å². The maximum atomic E-state index is 13.4. The fraction of sp³-hybridized carbons (Fsp3) is 0.345. The van der Waals surface area contributed by atoms with E-state index in [4.69, 9.17) is 9.47 Å². The van der Waals surface area contributed by atoms with Crippen LogP contribution in [-0.2, 0) is 18.5 Å². The van der Waals surface area contributed by atoms with Crippen LogP contribution in [-0.4, -0.2) is 64.7 Å². The van der Waals surface area contributed by atoms with Crippen molar-refractivity contribution in [2.45, 2.75) is 26.6 Å². The predicted molar refractivity (Wildman–Crippen MR) is 148 cm³/mol. The molecule has 9 heteroatoms. The number of hydrogen-bond donors (Lipinski definition) is 1. The quantitative estimate of drug-likeness (QED) is 0.320. The number of hydrogen-bond acceptors (Lipinski definition) is 6. The van der Waals surface area contributed by atoms with Crippen molar-refractivity contribution in [2.75, 3.05) is 34.4 Å².